The van der Waals surface area contributed by atoms with Gasteiger partial charge in [-0.2, -0.15) is 0 Å². The first kappa shape index (κ1) is 20.8. The number of benzene rings is 2. The van der Waals surface area contributed by atoms with E-state index in [1.165, 1.54) is 35.4 Å². The van der Waals surface area contributed by atoms with Crippen LogP contribution in [0.1, 0.15) is 53.4 Å². The molecule has 0 bridgehead atoms. The van der Waals surface area contributed by atoms with Gasteiger partial charge < -0.3 is 9.73 Å². The van der Waals surface area contributed by atoms with Crippen LogP contribution in [0, 0.1) is 12.7 Å². The van der Waals surface area contributed by atoms with Gasteiger partial charge in [0.25, 0.3) is 5.91 Å². The van der Waals surface area contributed by atoms with Crippen LogP contribution >= 0.6 is 0 Å². The third kappa shape index (κ3) is 4.68. The Morgan fingerprint density at radius 1 is 1.03 bits per heavy atom. The number of anilines is 1. The first-order valence-electron chi connectivity index (χ1n) is 10.5. The van der Waals surface area contributed by atoms with Crippen LogP contribution in [0.3, 0.4) is 0 Å². The summed E-state index contributed by atoms with van der Waals surface area (Å²) in [6.07, 6.45) is 5.42. The Kier molecular flexibility index (Phi) is 6.16. The van der Waals surface area contributed by atoms with E-state index in [0.717, 1.165) is 31.2 Å². The second-order valence-corrected chi connectivity index (χ2v) is 7.93. The van der Waals surface area contributed by atoms with E-state index in [1.807, 2.05) is 31.2 Å². The number of hydrogen-bond donors (Lipinski definition) is 1. The molecule has 0 unspecified atom stereocenters. The molecule has 1 atom stereocenters. The molecule has 1 aromatic heterocycles. The number of hydrogen-bond acceptors (Lipinski definition) is 3. The van der Waals surface area contributed by atoms with E-state index >= 15 is 0 Å². The highest BCUT2D eigenvalue weighted by molar-refractivity contribution is 6.08. The van der Waals surface area contributed by atoms with Crippen LogP contribution in [-0.4, -0.2) is 17.9 Å². The van der Waals surface area contributed by atoms with Crippen LogP contribution in [-0.2, 0) is 4.79 Å². The number of rotatable bonds is 6. The number of amides is 2. The standard InChI is InChI=1S/C25H25FN2O3/c1-17-8-10-18(11-9-17)23(24(29)27-20-5-2-3-6-20)28(21-14-12-19(26)13-15-21)25(30)22-7-4-16-31-22/h4,7-16,20,23H,2-3,5-6H2,1H3,(H,27,29)/t23-/m1/s1. The third-order valence-electron chi connectivity index (χ3n) is 5.66. The van der Waals surface area contributed by atoms with E-state index in [-0.39, 0.29) is 17.7 Å². The SMILES string of the molecule is Cc1ccc([C@H](C(=O)NC2CCCC2)N(C(=O)c2ccco2)c2ccc(F)cc2)cc1. The van der Waals surface area contributed by atoms with Crippen LogP contribution in [0.15, 0.2) is 71.3 Å². The number of aryl methyl sites for hydroxylation is 1. The molecule has 0 radical (unpaired) electrons. The van der Waals surface area contributed by atoms with Gasteiger partial charge in [-0.1, -0.05) is 42.7 Å². The highest BCUT2D eigenvalue weighted by atomic mass is 19.1. The highest BCUT2D eigenvalue weighted by Crippen LogP contribution is 2.31. The average Bonchev–Trinajstić information content (AvgIpc) is 3.47. The second-order valence-electron chi connectivity index (χ2n) is 7.93. The lowest BCUT2D eigenvalue weighted by Gasteiger charge is -2.32. The summed E-state index contributed by atoms with van der Waals surface area (Å²) in [5, 5.41) is 3.12. The summed E-state index contributed by atoms with van der Waals surface area (Å²) in [5.74, 6) is -1.05. The van der Waals surface area contributed by atoms with Crippen LogP contribution in [0.2, 0.25) is 0 Å². The lowest BCUT2D eigenvalue weighted by Crippen LogP contribution is -2.46. The molecule has 31 heavy (non-hydrogen) atoms. The van der Waals surface area contributed by atoms with Crippen molar-refractivity contribution in [2.24, 2.45) is 0 Å². The fourth-order valence-corrected chi connectivity index (χ4v) is 4.02. The molecule has 2 aromatic carbocycles. The number of carbonyl (C=O) groups excluding carboxylic acids is 2. The summed E-state index contributed by atoms with van der Waals surface area (Å²) in [6.45, 7) is 1.96. The lowest BCUT2D eigenvalue weighted by molar-refractivity contribution is -0.123. The fourth-order valence-electron chi connectivity index (χ4n) is 4.02. The molecule has 0 aliphatic heterocycles. The number of nitrogens with one attached hydrogen (secondary N) is 1. The molecule has 160 valence electrons. The molecule has 1 saturated carbocycles. The van der Waals surface area contributed by atoms with E-state index in [1.54, 1.807) is 12.1 Å². The van der Waals surface area contributed by atoms with Crippen LogP contribution in [0.4, 0.5) is 10.1 Å². The van der Waals surface area contributed by atoms with Crippen molar-refractivity contribution < 1.29 is 18.4 Å². The van der Waals surface area contributed by atoms with Gasteiger partial charge >= 0.3 is 0 Å². The average molecular weight is 420 g/mol. The Hall–Kier alpha value is -3.41. The predicted octanol–water partition coefficient (Wildman–Crippen LogP) is 5.17. The van der Waals surface area contributed by atoms with Gasteiger partial charge in [0.15, 0.2) is 5.76 Å². The van der Waals surface area contributed by atoms with Gasteiger partial charge in [-0.25, -0.2) is 4.39 Å². The van der Waals surface area contributed by atoms with E-state index in [4.69, 9.17) is 4.42 Å². The monoisotopic (exact) mass is 420 g/mol. The van der Waals surface area contributed by atoms with E-state index in [9.17, 15) is 14.0 Å². The van der Waals surface area contributed by atoms with Gasteiger partial charge in [0.2, 0.25) is 5.91 Å². The number of nitrogens with zero attached hydrogens (tertiary/aromatic N) is 1. The Bertz CT molecular complexity index is 1020. The minimum Gasteiger partial charge on any atom is -0.459 e. The molecule has 1 N–H and O–H groups in total. The van der Waals surface area contributed by atoms with Gasteiger partial charge in [-0.15, -0.1) is 0 Å². The Balaban J connectivity index is 1.79. The molecule has 1 heterocycles. The zero-order chi connectivity index (χ0) is 21.8. The van der Waals surface area contributed by atoms with Crippen LogP contribution in [0.25, 0.3) is 0 Å². The van der Waals surface area contributed by atoms with Crippen molar-refractivity contribution in [2.45, 2.75) is 44.7 Å². The Morgan fingerprint density at radius 3 is 2.32 bits per heavy atom. The minimum absolute atomic E-state index is 0.0919. The van der Waals surface area contributed by atoms with Gasteiger partial charge in [-0.05, 0) is 61.7 Å². The highest BCUT2D eigenvalue weighted by Gasteiger charge is 2.35. The maximum Gasteiger partial charge on any atom is 0.294 e. The molecule has 0 saturated heterocycles. The summed E-state index contributed by atoms with van der Waals surface area (Å²) in [4.78, 5) is 28.4. The van der Waals surface area contributed by atoms with Crippen molar-refractivity contribution in [1.82, 2.24) is 5.32 Å². The lowest BCUT2D eigenvalue weighted by atomic mass is 10.0. The van der Waals surface area contributed by atoms with Gasteiger partial charge in [0.1, 0.15) is 11.9 Å². The topological polar surface area (TPSA) is 62.6 Å². The van der Waals surface area contributed by atoms with Gasteiger partial charge in [0.05, 0.1) is 6.26 Å². The van der Waals surface area contributed by atoms with Gasteiger partial charge in [-0.3, -0.25) is 14.5 Å². The first-order chi connectivity index (χ1) is 15.0. The van der Waals surface area contributed by atoms with E-state index in [2.05, 4.69) is 5.32 Å². The maximum atomic E-state index is 13.6. The Morgan fingerprint density at radius 2 is 1.71 bits per heavy atom. The minimum atomic E-state index is -0.927. The molecule has 4 rings (SSSR count). The van der Waals surface area contributed by atoms with E-state index in [0.29, 0.717) is 11.3 Å². The van der Waals surface area contributed by atoms with Crippen LogP contribution in [0.5, 0.6) is 0 Å². The number of halogens is 1. The summed E-state index contributed by atoms with van der Waals surface area (Å²) < 4.78 is 19.0. The number of carbonyl (C=O) groups is 2. The van der Waals surface area contributed by atoms with Crippen molar-refractivity contribution in [2.75, 3.05) is 4.90 Å². The maximum absolute atomic E-state index is 13.6. The normalized spacial score (nSPS) is 14.9. The molecule has 0 spiro atoms. The fraction of sp³-hybridized carbons (Fsp3) is 0.280. The number of furan rings is 1. The summed E-state index contributed by atoms with van der Waals surface area (Å²) in [6, 6.07) is 15.4. The molecule has 1 aliphatic carbocycles. The second kappa shape index (κ2) is 9.16. The van der Waals surface area contributed by atoms with Crippen molar-refractivity contribution in [3.05, 3.63) is 89.6 Å². The van der Waals surface area contributed by atoms with Crippen molar-refractivity contribution in [3.8, 4) is 0 Å². The zero-order valence-corrected chi connectivity index (χ0v) is 17.4. The molecule has 6 heteroatoms. The molecular weight excluding hydrogens is 395 g/mol. The first-order valence-corrected chi connectivity index (χ1v) is 10.5. The molecule has 2 amide bonds. The van der Waals surface area contributed by atoms with Crippen molar-refractivity contribution >= 4 is 17.5 Å². The predicted molar refractivity (Wildman–Crippen MR) is 116 cm³/mol. The van der Waals surface area contributed by atoms with Gasteiger partial charge in [0, 0.05) is 11.7 Å². The third-order valence-corrected chi connectivity index (χ3v) is 5.66. The molecular formula is C25H25FN2O3. The Labute approximate surface area is 180 Å². The smallest absolute Gasteiger partial charge is 0.294 e. The quantitative estimate of drug-likeness (QED) is 0.598. The summed E-state index contributed by atoms with van der Waals surface area (Å²) >= 11 is 0. The van der Waals surface area contributed by atoms with Crippen molar-refractivity contribution in [1.29, 1.82) is 0 Å². The van der Waals surface area contributed by atoms with Crippen molar-refractivity contribution in [3.63, 3.8) is 0 Å². The largest absolute Gasteiger partial charge is 0.459 e. The molecule has 3 aromatic rings. The summed E-state index contributed by atoms with van der Waals surface area (Å²) in [7, 11) is 0. The summed E-state index contributed by atoms with van der Waals surface area (Å²) in [5.41, 5.74) is 2.13. The zero-order valence-electron chi connectivity index (χ0n) is 17.4. The van der Waals surface area contributed by atoms with Crippen LogP contribution < -0.4 is 10.2 Å². The molecule has 1 fully saturated rings. The van der Waals surface area contributed by atoms with E-state index < -0.39 is 17.8 Å². The molecule has 1 aliphatic rings. The molecule has 5 nitrogen and oxygen atoms in total.